The molecule has 2 aromatic heterocycles. The lowest BCUT2D eigenvalue weighted by molar-refractivity contribution is -0.137. The van der Waals surface area contributed by atoms with Crippen molar-refractivity contribution in [2.75, 3.05) is 31.1 Å². The molecule has 0 aromatic carbocycles. The van der Waals surface area contributed by atoms with Gasteiger partial charge in [-0.25, -0.2) is 4.98 Å². The zero-order valence-corrected chi connectivity index (χ0v) is 14.1. The smallest absolute Gasteiger partial charge is 0.354 e. The Morgan fingerprint density at radius 2 is 1.88 bits per heavy atom. The zero-order valence-electron chi connectivity index (χ0n) is 14.1. The van der Waals surface area contributed by atoms with Gasteiger partial charge in [0.1, 0.15) is 5.82 Å². The summed E-state index contributed by atoms with van der Waals surface area (Å²) in [5.74, 6) is 2.07. The van der Waals surface area contributed by atoms with E-state index in [1.807, 2.05) is 18.7 Å². The molecule has 1 fully saturated rings. The molecule has 1 aliphatic rings. The molecular weight excluding hydrogens is 335 g/mol. The van der Waals surface area contributed by atoms with Crippen LogP contribution in [0.5, 0.6) is 0 Å². The van der Waals surface area contributed by atoms with Crippen LogP contribution in [0.25, 0.3) is 0 Å². The Morgan fingerprint density at radius 1 is 1.16 bits per heavy atom. The van der Waals surface area contributed by atoms with E-state index < -0.39 is 11.7 Å². The van der Waals surface area contributed by atoms with Gasteiger partial charge >= 0.3 is 6.18 Å². The lowest BCUT2D eigenvalue weighted by Crippen LogP contribution is -2.46. The molecular formula is C16H20F3N5O. The molecule has 25 heavy (non-hydrogen) atoms. The minimum Gasteiger partial charge on any atom is -0.354 e. The van der Waals surface area contributed by atoms with E-state index in [0.717, 1.165) is 25.4 Å². The van der Waals surface area contributed by atoms with Gasteiger partial charge in [-0.05, 0) is 12.1 Å². The molecule has 2 aromatic rings. The summed E-state index contributed by atoms with van der Waals surface area (Å²) in [5.41, 5.74) is -0.729. The number of rotatable bonds is 4. The summed E-state index contributed by atoms with van der Waals surface area (Å²) in [6.07, 6.45) is -3.48. The van der Waals surface area contributed by atoms with Crippen molar-refractivity contribution in [3.05, 3.63) is 35.6 Å². The van der Waals surface area contributed by atoms with Crippen molar-refractivity contribution in [1.29, 1.82) is 0 Å². The van der Waals surface area contributed by atoms with Gasteiger partial charge in [0.2, 0.25) is 5.89 Å². The molecule has 3 rings (SSSR count). The maximum Gasteiger partial charge on any atom is 0.417 e. The van der Waals surface area contributed by atoms with Crippen molar-refractivity contribution in [2.24, 2.45) is 0 Å². The van der Waals surface area contributed by atoms with Crippen molar-refractivity contribution < 1.29 is 17.7 Å². The molecule has 136 valence electrons. The Balaban J connectivity index is 1.54. The number of piperazine rings is 1. The molecule has 0 bridgehead atoms. The van der Waals surface area contributed by atoms with Crippen molar-refractivity contribution in [1.82, 2.24) is 20.0 Å². The summed E-state index contributed by atoms with van der Waals surface area (Å²) in [6, 6.07) is 2.49. The highest BCUT2D eigenvalue weighted by atomic mass is 19.4. The number of aromatic nitrogens is 3. The van der Waals surface area contributed by atoms with Gasteiger partial charge in [0, 0.05) is 38.3 Å². The average Bonchev–Trinajstić information content (AvgIpc) is 3.04. The molecule has 0 radical (unpaired) electrons. The first kappa shape index (κ1) is 17.7. The lowest BCUT2D eigenvalue weighted by Gasteiger charge is -2.34. The fraction of sp³-hybridized carbons (Fsp3) is 0.562. The van der Waals surface area contributed by atoms with Gasteiger partial charge in [0.05, 0.1) is 12.1 Å². The van der Waals surface area contributed by atoms with Gasteiger partial charge in [0.25, 0.3) is 0 Å². The summed E-state index contributed by atoms with van der Waals surface area (Å²) >= 11 is 0. The van der Waals surface area contributed by atoms with Crippen LogP contribution in [0.3, 0.4) is 0 Å². The van der Waals surface area contributed by atoms with Gasteiger partial charge in [-0.15, -0.1) is 0 Å². The monoisotopic (exact) mass is 355 g/mol. The lowest BCUT2D eigenvalue weighted by atomic mass is 10.2. The molecule has 1 aliphatic heterocycles. The Morgan fingerprint density at radius 3 is 2.40 bits per heavy atom. The predicted octanol–water partition coefficient (Wildman–Crippen LogP) is 2.93. The minimum absolute atomic E-state index is 0.222. The van der Waals surface area contributed by atoms with Crippen molar-refractivity contribution in [2.45, 2.75) is 32.5 Å². The van der Waals surface area contributed by atoms with E-state index >= 15 is 0 Å². The molecule has 1 saturated heterocycles. The van der Waals surface area contributed by atoms with Crippen LogP contribution in [-0.2, 0) is 12.7 Å². The Labute approximate surface area is 143 Å². The third kappa shape index (κ3) is 4.28. The first-order chi connectivity index (χ1) is 11.8. The van der Waals surface area contributed by atoms with E-state index in [4.69, 9.17) is 4.52 Å². The molecule has 0 saturated carbocycles. The van der Waals surface area contributed by atoms with Crippen LogP contribution in [0.1, 0.15) is 37.0 Å². The van der Waals surface area contributed by atoms with Crippen molar-refractivity contribution in [3.63, 3.8) is 0 Å². The standard InChI is InChI=1S/C16H20F3N5O/c1-11(2)15-21-14(25-22-15)10-23-5-7-24(8-6-23)13-4-3-12(9-20-13)16(17,18)19/h3-4,9,11H,5-8,10H2,1-2H3. The SMILES string of the molecule is CC(C)c1noc(CN2CCN(c3ccc(C(F)(F)F)cn3)CC2)n1. The van der Waals surface area contributed by atoms with Crippen LogP contribution >= 0.6 is 0 Å². The van der Waals surface area contributed by atoms with Gasteiger partial charge < -0.3 is 9.42 Å². The van der Waals surface area contributed by atoms with Crippen LogP contribution in [-0.4, -0.2) is 46.2 Å². The number of halogens is 3. The molecule has 0 amide bonds. The van der Waals surface area contributed by atoms with Gasteiger partial charge in [-0.2, -0.15) is 18.2 Å². The normalized spacial score (nSPS) is 16.6. The molecule has 0 spiro atoms. The average molecular weight is 355 g/mol. The summed E-state index contributed by atoms with van der Waals surface area (Å²) in [6.45, 7) is 7.46. The Bertz CT molecular complexity index is 691. The number of alkyl halides is 3. The topological polar surface area (TPSA) is 58.3 Å². The quantitative estimate of drug-likeness (QED) is 0.841. The predicted molar refractivity (Wildman–Crippen MR) is 85.1 cm³/mol. The summed E-state index contributed by atoms with van der Waals surface area (Å²) in [7, 11) is 0. The molecule has 3 heterocycles. The minimum atomic E-state index is -4.36. The van der Waals surface area contributed by atoms with E-state index in [9.17, 15) is 13.2 Å². The van der Waals surface area contributed by atoms with Crippen molar-refractivity contribution in [3.8, 4) is 0 Å². The number of hydrogen-bond donors (Lipinski definition) is 0. The molecule has 0 aliphatic carbocycles. The maximum absolute atomic E-state index is 12.6. The highest BCUT2D eigenvalue weighted by Gasteiger charge is 2.31. The van der Waals surface area contributed by atoms with Gasteiger partial charge in [-0.3, -0.25) is 4.90 Å². The van der Waals surface area contributed by atoms with E-state index in [0.29, 0.717) is 37.2 Å². The fourth-order valence-corrected chi connectivity index (χ4v) is 2.63. The van der Waals surface area contributed by atoms with E-state index in [1.165, 1.54) is 6.07 Å². The molecule has 0 atom stereocenters. The highest BCUT2D eigenvalue weighted by Crippen LogP contribution is 2.29. The van der Waals surface area contributed by atoms with Crippen molar-refractivity contribution >= 4 is 5.82 Å². The summed E-state index contributed by atoms with van der Waals surface area (Å²) < 4.78 is 43.0. The summed E-state index contributed by atoms with van der Waals surface area (Å²) in [5, 5.41) is 3.95. The van der Waals surface area contributed by atoms with E-state index in [-0.39, 0.29) is 5.92 Å². The Hall–Kier alpha value is -2.16. The number of nitrogens with zero attached hydrogens (tertiary/aromatic N) is 5. The molecule has 9 heteroatoms. The van der Waals surface area contributed by atoms with Gasteiger partial charge in [0.15, 0.2) is 5.82 Å². The number of hydrogen-bond acceptors (Lipinski definition) is 6. The third-order valence-corrected chi connectivity index (χ3v) is 4.13. The number of pyridine rings is 1. The first-order valence-corrected chi connectivity index (χ1v) is 8.16. The van der Waals surface area contributed by atoms with Crippen LogP contribution in [0, 0.1) is 0 Å². The van der Waals surface area contributed by atoms with Crippen LogP contribution in [0.15, 0.2) is 22.9 Å². The highest BCUT2D eigenvalue weighted by molar-refractivity contribution is 5.40. The third-order valence-electron chi connectivity index (χ3n) is 4.13. The van der Waals surface area contributed by atoms with Crippen LogP contribution in [0.2, 0.25) is 0 Å². The fourth-order valence-electron chi connectivity index (χ4n) is 2.63. The molecule has 0 N–H and O–H groups in total. The molecule has 6 nitrogen and oxygen atoms in total. The summed E-state index contributed by atoms with van der Waals surface area (Å²) in [4.78, 5) is 12.5. The largest absolute Gasteiger partial charge is 0.417 e. The first-order valence-electron chi connectivity index (χ1n) is 8.16. The zero-order chi connectivity index (χ0) is 18.0. The molecule has 0 unspecified atom stereocenters. The maximum atomic E-state index is 12.6. The van der Waals surface area contributed by atoms with Gasteiger partial charge in [-0.1, -0.05) is 19.0 Å². The second kappa shape index (κ2) is 6.99. The Kier molecular flexibility index (Phi) is 4.94. The van der Waals surface area contributed by atoms with Crippen LogP contribution < -0.4 is 4.90 Å². The van der Waals surface area contributed by atoms with E-state index in [2.05, 4.69) is 20.0 Å². The second-order valence-electron chi connectivity index (χ2n) is 6.37. The second-order valence-corrected chi connectivity index (χ2v) is 6.37. The van der Waals surface area contributed by atoms with Crippen LogP contribution in [0.4, 0.5) is 19.0 Å². The van der Waals surface area contributed by atoms with E-state index in [1.54, 1.807) is 0 Å². The number of anilines is 1.